The molecule has 27 heavy (non-hydrogen) atoms. The average molecular weight is 371 g/mol. The summed E-state index contributed by atoms with van der Waals surface area (Å²) in [4.78, 5) is 23.3. The van der Waals surface area contributed by atoms with Crippen molar-refractivity contribution < 1.29 is 29.3 Å². The van der Waals surface area contributed by atoms with Crippen LogP contribution in [0.3, 0.4) is 0 Å². The maximum atomic E-state index is 12.3. The molecule has 0 radical (unpaired) electrons. The van der Waals surface area contributed by atoms with Crippen molar-refractivity contribution in [3.63, 3.8) is 0 Å². The molecule has 1 fully saturated rings. The van der Waals surface area contributed by atoms with Crippen LogP contribution in [0.15, 0.2) is 48.5 Å². The Bertz CT molecular complexity index is 787. The van der Waals surface area contributed by atoms with E-state index in [2.05, 4.69) is 5.32 Å². The maximum Gasteiger partial charge on any atom is 0.335 e. The summed E-state index contributed by atoms with van der Waals surface area (Å²) in [6.45, 7) is 0.868. The van der Waals surface area contributed by atoms with Crippen LogP contribution in [-0.2, 0) is 16.0 Å². The molecule has 1 aliphatic rings. The largest absolute Gasteiger partial charge is 0.508 e. The molecule has 7 nitrogen and oxygen atoms in total. The predicted molar refractivity (Wildman–Crippen MR) is 97.0 cm³/mol. The van der Waals surface area contributed by atoms with Gasteiger partial charge in [-0.3, -0.25) is 4.79 Å². The number of nitrogens with one attached hydrogen (secondary N) is 1. The first kappa shape index (κ1) is 18.7. The number of rotatable bonds is 6. The van der Waals surface area contributed by atoms with Gasteiger partial charge < -0.3 is 25.0 Å². The summed E-state index contributed by atoms with van der Waals surface area (Å²) in [7, 11) is 0. The fourth-order valence-corrected chi connectivity index (χ4v) is 2.90. The Hall–Kier alpha value is -3.06. The molecule has 0 spiro atoms. The molecule has 1 saturated heterocycles. The third kappa shape index (κ3) is 5.21. The van der Waals surface area contributed by atoms with Crippen LogP contribution >= 0.6 is 0 Å². The topological polar surface area (TPSA) is 105 Å². The normalized spacial score (nSPS) is 19.3. The number of carboxylic acid groups (broad SMARTS) is 1. The third-order valence-corrected chi connectivity index (χ3v) is 4.34. The van der Waals surface area contributed by atoms with Gasteiger partial charge in [0.25, 0.3) is 0 Å². The van der Waals surface area contributed by atoms with Crippen LogP contribution < -0.4 is 10.1 Å². The lowest BCUT2D eigenvalue weighted by Gasteiger charge is -2.32. The Balaban J connectivity index is 1.60. The number of phenolic OH excluding ortho intramolecular Hbond substituents is 1. The molecular formula is C20H21NO6. The molecule has 2 aromatic rings. The number of carbonyl (C=O) groups excluding carboxylic acids is 1. The summed E-state index contributed by atoms with van der Waals surface area (Å²) in [5.74, 6) is -0.455. The molecule has 1 amide bonds. The van der Waals surface area contributed by atoms with Crippen molar-refractivity contribution >= 4 is 11.9 Å². The lowest BCUT2D eigenvalue weighted by molar-refractivity contribution is -0.123. The Morgan fingerprint density at radius 1 is 1.11 bits per heavy atom. The van der Waals surface area contributed by atoms with Gasteiger partial charge in [-0.25, -0.2) is 4.79 Å². The zero-order valence-corrected chi connectivity index (χ0v) is 14.6. The van der Waals surface area contributed by atoms with E-state index in [1.54, 1.807) is 36.4 Å². The van der Waals surface area contributed by atoms with Gasteiger partial charge in [0.15, 0.2) is 0 Å². The van der Waals surface area contributed by atoms with E-state index in [1.807, 2.05) is 0 Å². The van der Waals surface area contributed by atoms with Crippen LogP contribution in [0.2, 0.25) is 0 Å². The summed E-state index contributed by atoms with van der Waals surface area (Å²) >= 11 is 0. The minimum Gasteiger partial charge on any atom is -0.508 e. The molecule has 7 heteroatoms. The summed E-state index contributed by atoms with van der Waals surface area (Å²) in [6.07, 6.45) is 0.467. The van der Waals surface area contributed by atoms with E-state index in [0.717, 1.165) is 5.56 Å². The molecular weight excluding hydrogens is 350 g/mol. The van der Waals surface area contributed by atoms with Crippen molar-refractivity contribution in [2.24, 2.45) is 0 Å². The number of aromatic hydroxyl groups is 1. The van der Waals surface area contributed by atoms with Gasteiger partial charge in [0, 0.05) is 6.61 Å². The van der Waals surface area contributed by atoms with Crippen molar-refractivity contribution in [3.05, 3.63) is 59.7 Å². The standard InChI is InChI=1S/C20H21NO6/c22-15-5-1-13(2-6-15)11-19(23)21-17-9-10-26-12-18(17)27-16-7-3-14(4-8-16)20(24)25/h1-8,17-18,22H,9-12H2,(H,21,23)(H,24,25)/t17-,18-/m1/s1. The summed E-state index contributed by atoms with van der Waals surface area (Å²) in [5.41, 5.74) is 0.986. The van der Waals surface area contributed by atoms with Crippen LogP contribution in [0.5, 0.6) is 11.5 Å². The van der Waals surface area contributed by atoms with Gasteiger partial charge in [-0.1, -0.05) is 12.1 Å². The molecule has 2 atom stereocenters. The van der Waals surface area contributed by atoms with Gasteiger partial charge >= 0.3 is 5.97 Å². The summed E-state index contributed by atoms with van der Waals surface area (Å²) in [6, 6.07) is 12.4. The SMILES string of the molecule is O=C(Cc1ccc(O)cc1)N[C@@H]1CCOC[C@H]1Oc1ccc(C(=O)O)cc1. The average Bonchev–Trinajstić information content (AvgIpc) is 2.65. The van der Waals surface area contributed by atoms with Crippen molar-refractivity contribution in [2.75, 3.05) is 13.2 Å². The molecule has 2 aromatic carbocycles. The van der Waals surface area contributed by atoms with Crippen LogP contribution in [0.1, 0.15) is 22.3 Å². The molecule has 1 heterocycles. The molecule has 0 aliphatic carbocycles. The zero-order chi connectivity index (χ0) is 19.2. The molecule has 0 unspecified atom stereocenters. The van der Waals surface area contributed by atoms with E-state index in [4.69, 9.17) is 14.6 Å². The van der Waals surface area contributed by atoms with Gasteiger partial charge in [-0.2, -0.15) is 0 Å². The molecule has 142 valence electrons. The second kappa shape index (κ2) is 8.55. The number of ether oxygens (including phenoxy) is 2. The van der Waals surface area contributed by atoms with E-state index in [-0.39, 0.29) is 35.8 Å². The maximum absolute atomic E-state index is 12.3. The second-order valence-corrected chi connectivity index (χ2v) is 6.37. The minimum absolute atomic E-state index is 0.137. The van der Waals surface area contributed by atoms with E-state index < -0.39 is 5.97 Å². The number of carbonyl (C=O) groups is 2. The van der Waals surface area contributed by atoms with Gasteiger partial charge in [0.05, 0.1) is 24.6 Å². The molecule has 3 rings (SSSR count). The Morgan fingerprint density at radius 3 is 2.48 bits per heavy atom. The fraction of sp³-hybridized carbons (Fsp3) is 0.300. The van der Waals surface area contributed by atoms with Crippen molar-refractivity contribution in [2.45, 2.75) is 25.0 Å². The smallest absolute Gasteiger partial charge is 0.335 e. The first-order valence-corrected chi connectivity index (χ1v) is 8.66. The lowest BCUT2D eigenvalue weighted by Crippen LogP contribution is -2.51. The fourth-order valence-electron chi connectivity index (χ4n) is 2.90. The predicted octanol–water partition coefficient (Wildman–Crippen LogP) is 1.99. The van der Waals surface area contributed by atoms with Gasteiger partial charge in [-0.05, 0) is 48.4 Å². The van der Waals surface area contributed by atoms with E-state index in [9.17, 15) is 14.7 Å². The van der Waals surface area contributed by atoms with Crippen LogP contribution in [0.25, 0.3) is 0 Å². The Labute approximate surface area is 156 Å². The second-order valence-electron chi connectivity index (χ2n) is 6.37. The highest BCUT2D eigenvalue weighted by Crippen LogP contribution is 2.19. The highest BCUT2D eigenvalue weighted by atomic mass is 16.5. The number of carboxylic acids is 1. The molecule has 3 N–H and O–H groups in total. The number of aromatic carboxylic acids is 1. The highest BCUT2D eigenvalue weighted by Gasteiger charge is 2.29. The quantitative estimate of drug-likeness (QED) is 0.717. The number of amides is 1. The monoisotopic (exact) mass is 371 g/mol. The van der Waals surface area contributed by atoms with E-state index in [0.29, 0.717) is 25.4 Å². The molecule has 1 aliphatic heterocycles. The van der Waals surface area contributed by atoms with Gasteiger partial charge in [0.2, 0.25) is 5.91 Å². The highest BCUT2D eigenvalue weighted by molar-refractivity contribution is 5.87. The number of hydrogen-bond acceptors (Lipinski definition) is 5. The van der Waals surface area contributed by atoms with E-state index in [1.165, 1.54) is 12.1 Å². The molecule has 0 bridgehead atoms. The van der Waals surface area contributed by atoms with Crippen LogP contribution in [0, 0.1) is 0 Å². The van der Waals surface area contributed by atoms with Crippen molar-refractivity contribution in [3.8, 4) is 11.5 Å². The first-order chi connectivity index (χ1) is 13.0. The summed E-state index contributed by atoms with van der Waals surface area (Å²) in [5, 5.41) is 21.2. The van der Waals surface area contributed by atoms with Gasteiger partial charge in [-0.15, -0.1) is 0 Å². The minimum atomic E-state index is -0.998. The van der Waals surface area contributed by atoms with E-state index >= 15 is 0 Å². The zero-order valence-electron chi connectivity index (χ0n) is 14.6. The molecule has 0 saturated carbocycles. The first-order valence-electron chi connectivity index (χ1n) is 8.66. The summed E-state index contributed by atoms with van der Waals surface area (Å²) < 4.78 is 11.4. The Kier molecular flexibility index (Phi) is 5.93. The number of benzene rings is 2. The van der Waals surface area contributed by atoms with Crippen molar-refractivity contribution in [1.29, 1.82) is 0 Å². The van der Waals surface area contributed by atoms with Crippen molar-refractivity contribution in [1.82, 2.24) is 5.32 Å². The lowest BCUT2D eigenvalue weighted by atomic mass is 10.0. The number of phenols is 1. The third-order valence-electron chi connectivity index (χ3n) is 4.34. The van der Waals surface area contributed by atoms with Crippen LogP contribution in [0.4, 0.5) is 0 Å². The van der Waals surface area contributed by atoms with Crippen LogP contribution in [-0.4, -0.2) is 47.4 Å². The van der Waals surface area contributed by atoms with Gasteiger partial charge in [0.1, 0.15) is 17.6 Å². The molecule has 0 aromatic heterocycles. The Morgan fingerprint density at radius 2 is 1.81 bits per heavy atom. The number of hydrogen-bond donors (Lipinski definition) is 3.